The van der Waals surface area contributed by atoms with Crippen LogP contribution in [0.3, 0.4) is 0 Å². The Morgan fingerprint density at radius 3 is 1.71 bits per heavy atom. The van der Waals surface area contributed by atoms with E-state index in [1.807, 2.05) is 0 Å². The van der Waals surface area contributed by atoms with Crippen molar-refractivity contribution >= 4 is 0 Å². The van der Waals surface area contributed by atoms with Gasteiger partial charge in [-0.2, -0.15) is 0 Å². The van der Waals surface area contributed by atoms with E-state index >= 15 is 0 Å². The molecule has 0 aromatic heterocycles. The van der Waals surface area contributed by atoms with Crippen molar-refractivity contribution < 1.29 is 0 Å². The molecule has 0 amide bonds. The molecule has 17 heavy (non-hydrogen) atoms. The lowest BCUT2D eigenvalue weighted by molar-refractivity contribution is 0.0212. The van der Waals surface area contributed by atoms with Crippen LogP contribution in [0.1, 0.15) is 80.1 Å². The second-order valence-corrected chi connectivity index (χ2v) is 5.26. The minimum absolute atomic E-state index is 0.452. The molecule has 0 aliphatic heterocycles. The molecule has 0 fully saturated rings. The van der Waals surface area contributed by atoms with Gasteiger partial charge in [-0.15, -0.1) is 0 Å². The van der Waals surface area contributed by atoms with Crippen LogP contribution in [-0.2, 0) is 0 Å². The normalized spacial score (nSPS) is 12.7. The van der Waals surface area contributed by atoms with Gasteiger partial charge in [0.25, 0.3) is 0 Å². The Hall–Kier alpha value is -0.0400. The average molecular weight is 241 g/mol. The summed E-state index contributed by atoms with van der Waals surface area (Å²) in [6, 6.07) is 0. The van der Waals surface area contributed by atoms with E-state index in [1.54, 1.807) is 0 Å². The molecule has 0 aromatic rings. The Bertz CT molecular complexity index is 168. The van der Waals surface area contributed by atoms with Crippen molar-refractivity contribution in [2.45, 2.75) is 85.6 Å². The van der Waals surface area contributed by atoms with Gasteiger partial charge < -0.3 is 0 Å². The third-order valence-electron chi connectivity index (χ3n) is 4.76. The molecule has 0 spiro atoms. The highest BCUT2D eigenvalue weighted by Gasteiger charge is 2.37. The summed E-state index contributed by atoms with van der Waals surface area (Å²) >= 11 is 0. The van der Waals surface area contributed by atoms with Crippen molar-refractivity contribution in [3.05, 3.63) is 0 Å². The van der Waals surface area contributed by atoms with Crippen LogP contribution < -0.4 is 0 Å². The van der Waals surface area contributed by atoms with Crippen LogP contribution >= 0.6 is 0 Å². The van der Waals surface area contributed by atoms with Crippen LogP contribution in [0.4, 0.5) is 0 Å². The first-order chi connectivity index (χ1) is 8.16. The fourth-order valence-electron chi connectivity index (χ4n) is 3.63. The van der Waals surface area contributed by atoms with E-state index in [9.17, 15) is 0 Å². The Labute approximate surface area is 110 Å². The smallest absolute Gasteiger partial charge is 0.0232 e. The molecule has 0 saturated heterocycles. The predicted molar refractivity (Wildman–Crippen MR) is 79.5 cm³/mol. The highest BCUT2D eigenvalue weighted by molar-refractivity contribution is 4.93. The number of unbranched alkanes of at least 4 members (excludes halogenated alkanes) is 1. The average Bonchev–Trinajstić information content (AvgIpc) is 2.38. The highest BCUT2D eigenvalue weighted by Crippen LogP contribution is 2.36. The quantitative estimate of drug-likeness (QED) is 0.514. The van der Waals surface area contributed by atoms with Crippen LogP contribution in [0, 0.1) is 5.92 Å². The van der Waals surface area contributed by atoms with Gasteiger partial charge in [0.15, 0.2) is 0 Å². The largest absolute Gasteiger partial charge is 0.298 e. The lowest BCUT2D eigenvalue weighted by Gasteiger charge is -2.48. The van der Waals surface area contributed by atoms with Crippen LogP contribution in [0.2, 0.25) is 0 Å². The molecule has 0 aliphatic carbocycles. The second-order valence-electron chi connectivity index (χ2n) is 5.26. The van der Waals surface area contributed by atoms with Crippen LogP contribution in [0.15, 0.2) is 0 Å². The van der Waals surface area contributed by atoms with Crippen molar-refractivity contribution in [1.82, 2.24) is 4.90 Å². The van der Waals surface area contributed by atoms with Crippen LogP contribution in [0.5, 0.6) is 0 Å². The molecule has 0 atom stereocenters. The summed E-state index contributed by atoms with van der Waals surface area (Å²) < 4.78 is 0. The Balaban J connectivity index is 4.97. The monoisotopic (exact) mass is 241 g/mol. The summed E-state index contributed by atoms with van der Waals surface area (Å²) in [7, 11) is 0. The summed E-state index contributed by atoms with van der Waals surface area (Å²) in [6.07, 6.45) is 7.89. The maximum absolute atomic E-state index is 2.77. The molecular weight excluding hydrogens is 206 g/mol. The van der Waals surface area contributed by atoms with Crippen molar-refractivity contribution in [1.29, 1.82) is 0 Å². The zero-order valence-electron chi connectivity index (χ0n) is 13.2. The topological polar surface area (TPSA) is 3.24 Å². The minimum Gasteiger partial charge on any atom is -0.298 e. The van der Waals surface area contributed by atoms with Gasteiger partial charge in [-0.05, 0) is 38.3 Å². The van der Waals surface area contributed by atoms with Gasteiger partial charge in [-0.3, -0.25) is 4.90 Å². The lowest BCUT2D eigenvalue weighted by Crippen LogP contribution is -2.53. The highest BCUT2D eigenvalue weighted by atomic mass is 15.2. The van der Waals surface area contributed by atoms with Crippen LogP contribution in [0.25, 0.3) is 0 Å². The molecule has 0 bridgehead atoms. The summed E-state index contributed by atoms with van der Waals surface area (Å²) in [5.74, 6) is 0.856. The minimum atomic E-state index is 0.452. The molecule has 0 heterocycles. The summed E-state index contributed by atoms with van der Waals surface area (Å²) in [6.45, 7) is 16.6. The molecule has 1 nitrogen and oxygen atoms in total. The maximum atomic E-state index is 2.77. The third-order valence-corrected chi connectivity index (χ3v) is 4.76. The Morgan fingerprint density at radius 1 is 0.882 bits per heavy atom. The molecule has 0 unspecified atom stereocenters. The third kappa shape index (κ3) is 3.98. The first kappa shape index (κ1) is 17.0. The SMILES string of the molecule is CCCCN(CC)C(CC)(CC)C(CC)CC. The molecule has 0 rings (SSSR count). The fourth-order valence-corrected chi connectivity index (χ4v) is 3.63. The number of hydrogen-bond acceptors (Lipinski definition) is 1. The Morgan fingerprint density at radius 2 is 1.41 bits per heavy atom. The fraction of sp³-hybridized carbons (Fsp3) is 1.00. The predicted octanol–water partition coefficient (Wildman–Crippen LogP) is 5.10. The van der Waals surface area contributed by atoms with Crippen LogP contribution in [-0.4, -0.2) is 23.5 Å². The van der Waals surface area contributed by atoms with Gasteiger partial charge in [0.05, 0.1) is 0 Å². The molecular formula is C16H35N. The van der Waals surface area contributed by atoms with E-state index in [0.717, 1.165) is 5.92 Å². The summed E-state index contributed by atoms with van der Waals surface area (Å²) in [5, 5.41) is 0. The maximum Gasteiger partial charge on any atom is 0.0232 e. The zero-order chi connectivity index (χ0) is 13.3. The van der Waals surface area contributed by atoms with E-state index in [1.165, 1.54) is 51.6 Å². The van der Waals surface area contributed by atoms with Gasteiger partial charge >= 0.3 is 0 Å². The second kappa shape index (κ2) is 8.97. The molecule has 0 aromatic carbocycles. The molecule has 0 aliphatic rings. The number of nitrogens with zero attached hydrogens (tertiary/aromatic N) is 1. The molecule has 0 N–H and O–H groups in total. The standard InChI is InChI=1S/C16H35N/c1-7-13-14-17(12-6)16(10-4,11-5)15(8-2)9-3/h15H,7-14H2,1-6H3. The number of hydrogen-bond donors (Lipinski definition) is 0. The molecule has 0 saturated carbocycles. The summed E-state index contributed by atoms with van der Waals surface area (Å²) in [4.78, 5) is 2.77. The molecule has 1 heteroatoms. The van der Waals surface area contributed by atoms with Gasteiger partial charge in [-0.1, -0.05) is 60.8 Å². The number of rotatable bonds is 10. The first-order valence-corrected chi connectivity index (χ1v) is 7.91. The van der Waals surface area contributed by atoms with E-state index in [4.69, 9.17) is 0 Å². The lowest BCUT2D eigenvalue weighted by atomic mass is 9.74. The zero-order valence-corrected chi connectivity index (χ0v) is 13.2. The van der Waals surface area contributed by atoms with E-state index in [2.05, 4.69) is 46.4 Å². The van der Waals surface area contributed by atoms with Crippen molar-refractivity contribution in [2.24, 2.45) is 5.92 Å². The van der Waals surface area contributed by atoms with Gasteiger partial charge in [-0.25, -0.2) is 0 Å². The van der Waals surface area contributed by atoms with Crippen molar-refractivity contribution in [3.63, 3.8) is 0 Å². The Kier molecular flexibility index (Phi) is 8.94. The van der Waals surface area contributed by atoms with Gasteiger partial charge in [0.2, 0.25) is 0 Å². The van der Waals surface area contributed by atoms with Gasteiger partial charge in [0.1, 0.15) is 0 Å². The summed E-state index contributed by atoms with van der Waals surface area (Å²) in [5.41, 5.74) is 0.452. The van der Waals surface area contributed by atoms with E-state index < -0.39 is 0 Å². The van der Waals surface area contributed by atoms with Crippen molar-refractivity contribution in [3.8, 4) is 0 Å². The van der Waals surface area contributed by atoms with E-state index in [-0.39, 0.29) is 0 Å². The van der Waals surface area contributed by atoms with Crippen molar-refractivity contribution in [2.75, 3.05) is 13.1 Å². The first-order valence-electron chi connectivity index (χ1n) is 7.91. The van der Waals surface area contributed by atoms with E-state index in [0.29, 0.717) is 5.54 Å². The van der Waals surface area contributed by atoms with Gasteiger partial charge in [0, 0.05) is 5.54 Å². The molecule has 104 valence electrons. The molecule has 0 radical (unpaired) electrons.